The third-order valence-corrected chi connectivity index (χ3v) is 6.17. The molecule has 0 aliphatic carbocycles. The zero-order valence-electron chi connectivity index (χ0n) is 14.1. The van der Waals surface area contributed by atoms with E-state index in [4.69, 9.17) is 23.2 Å². The van der Waals surface area contributed by atoms with Crippen molar-refractivity contribution in [1.29, 1.82) is 0 Å². The Morgan fingerprint density at radius 1 is 0.893 bits per heavy atom. The summed E-state index contributed by atoms with van der Waals surface area (Å²) in [6, 6.07) is 17.1. The van der Waals surface area contributed by atoms with Crippen LogP contribution in [-0.4, -0.2) is 14.3 Å². The molecule has 144 valence electrons. The Morgan fingerprint density at radius 3 is 2.25 bits per heavy atom. The lowest BCUT2D eigenvalue weighted by Gasteiger charge is -2.14. The van der Waals surface area contributed by atoms with Gasteiger partial charge in [0.15, 0.2) is 0 Å². The van der Waals surface area contributed by atoms with Crippen LogP contribution in [0.1, 0.15) is 10.4 Å². The molecule has 0 unspecified atom stereocenters. The minimum Gasteiger partial charge on any atom is -0.321 e. The van der Waals surface area contributed by atoms with Gasteiger partial charge in [0.2, 0.25) is 0 Å². The molecule has 0 fully saturated rings. The molecule has 3 aromatic rings. The Hall–Kier alpha value is -2.06. The topological polar surface area (TPSA) is 75.3 Å². The van der Waals surface area contributed by atoms with E-state index >= 15 is 0 Å². The second kappa shape index (κ2) is 8.53. The van der Waals surface area contributed by atoms with Gasteiger partial charge in [0.1, 0.15) is 0 Å². The average molecular weight is 500 g/mol. The van der Waals surface area contributed by atoms with E-state index in [9.17, 15) is 13.2 Å². The van der Waals surface area contributed by atoms with Crippen LogP contribution in [0.25, 0.3) is 0 Å². The predicted octanol–water partition coefficient (Wildman–Crippen LogP) is 5.81. The summed E-state index contributed by atoms with van der Waals surface area (Å²) in [7, 11) is -3.91. The van der Waals surface area contributed by atoms with Crippen LogP contribution in [0, 0.1) is 0 Å². The zero-order chi connectivity index (χ0) is 20.3. The molecule has 0 aliphatic rings. The van der Waals surface area contributed by atoms with Crippen molar-refractivity contribution < 1.29 is 13.2 Å². The molecule has 0 aromatic heterocycles. The maximum Gasteiger partial charge on any atom is 0.261 e. The van der Waals surface area contributed by atoms with Gasteiger partial charge in [0.05, 0.1) is 26.9 Å². The molecule has 0 saturated carbocycles. The Morgan fingerprint density at radius 2 is 1.57 bits per heavy atom. The van der Waals surface area contributed by atoms with Gasteiger partial charge in [0.25, 0.3) is 15.9 Å². The number of amides is 1. The summed E-state index contributed by atoms with van der Waals surface area (Å²) in [6.07, 6.45) is 0. The van der Waals surface area contributed by atoms with Crippen LogP contribution < -0.4 is 10.0 Å². The van der Waals surface area contributed by atoms with Gasteiger partial charge in [-0.2, -0.15) is 0 Å². The molecule has 1 amide bonds. The highest BCUT2D eigenvalue weighted by molar-refractivity contribution is 9.10. The van der Waals surface area contributed by atoms with Crippen LogP contribution in [0.5, 0.6) is 0 Å². The summed E-state index contributed by atoms with van der Waals surface area (Å²) in [6.45, 7) is 0. The smallest absolute Gasteiger partial charge is 0.261 e. The quantitative estimate of drug-likeness (QED) is 0.465. The monoisotopic (exact) mass is 498 g/mol. The number of anilines is 2. The molecule has 28 heavy (non-hydrogen) atoms. The number of para-hydroxylation sites is 1. The van der Waals surface area contributed by atoms with Crippen molar-refractivity contribution >= 4 is 66.4 Å². The summed E-state index contributed by atoms with van der Waals surface area (Å²) >= 11 is 15.2. The average Bonchev–Trinajstić information content (AvgIpc) is 2.65. The van der Waals surface area contributed by atoms with Crippen molar-refractivity contribution in [2.75, 3.05) is 10.0 Å². The van der Waals surface area contributed by atoms with Crippen LogP contribution in [-0.2, 0) is 10.0 Å². The van der Waals surface area contributed by atoms with Crippen LogP contribution >= 0.6 is 39.1 Å². The molecular formula is C19H13BrCl2N2O3S. The molecule has 9 heteroatoms. The van der Waals surface area contributed by atoms with Crippen molar-refractivity contribution in [2.24, 2.45) is 0 Å². The van der Waals surface area contributed by atoms with Gasteiger partial charge < -0.3 is 5.32 Å². The van der Waals surface area contributed by atoms with Crippen LogP contribution in [0.15, 0.2) is 76.1 Å². The van der Waals surface area contributed by atoms with Crippen LogP contribution in [0.3, 0.4) is 0 Å². The lowest BCUT2D eigenvalue weighted by Crippen LogP contribution is -2.19. The minimum atomic E-state index is -3.91. The number of sulfonamides is 1. The molecule has 5 nitrogen and oxygen atoms in total. The van der Waals surface area contributed by atoms with Crippen molar-refractivity contribution in [3.8, 4) is 0 Å². The first kappa shape index (κ1) is 20.7. The van der Waals surface area contributed by atoms with Crippen molar-refractivity contribution in [3.05, 3.63) is 86.8 Å². The zero-order valence-corrected chi connectivity index (χ0v) is 18.0. The van der Waals surface area contributed by atoms with Gasteiger partial charge in [-0.15, -0.1) is 0 Å². The first-order valence-corrected chi connectivity index (χ1v) is 10.9. The number of rotatable bonds is 5. The Bertz CT molecular complexity index is 1140. The minimum absolute atomic E-state index is 0.0253. The standard InChI is InChI=1S/C19H13BrCl2N2O3S/c20-12-5-10-17(24-28(26,27)14-8-6-13(21)7-9-14)15(11-12)19(25)23-18-4-2-1-3-16(18)22/h1-11,24H,(H,23,25). The summed E-state index contributed by atoms with van der Waals surface area (Å²) in [5.41, 5.74) is 0.676. The van der Waals surface area contributed by atoms with Gasteiger partial charge in [0, 0.05) is 9.50 Å². The van der Waals surface area contributed by atoms with E-state index < -0.39 is 15.9 Å². The molecular weight excluding hydrogens is 487 g/mol. The summed E-state index contributed by atoms with van der Waals surface area (Å²) in [5, 5.41) is 3.47. The van der Waals surface area contributed by atoms with Crippen molar-refractivity contribution in [2.45, 2.75) is 4.90 Å². The van der Waals surface area contributed by atoms with E-state index in [0.717, 1.165) is 0 Å². The number of benzene rings is 3. The SMILES string of the molecule is O=C(Nc1ccccc1Cl)c1cc(Br)ccc1NS(=O)(=O)c1ccc(Cl)cc1. The highest BCUT2D eigenvalue weighted by Crippen LogP contribution is 2.27. The van der Waals surface area contributed by atoms with E-state index in [1.807, 2.05) is 0 Å². The number of nitrogens with one attached hydrogen (secondary N) is 2. The summed E-state index contributed by atoms with van der Waals surface area (Å²) in [4.78, 5) is 12.8. The van der Waals surface area contributed by atoms with Gasteiger partial charge in [-0.25, -0.2) is 8.42 Å². The lowest BCUT2D eigenvalue weighted by molar-refractivity contribution is 0.102. The van der Waals surface area contributed by atoms with Crippen LogP contribution in [0.2, 0.25) is 10.0 Å². The summed E-state index contributed by atoms with van der Waals surface area (Å²) in [5.74, 6) is -0.511. The van der Waals surface area contributed by atoms with E-state index in [1.165, 1.54) is 36.4 Å². The molecule has 0 spiro atoms. The third kappa shape index (κ3) is 4.86. The molecule has 0 heterocycles. The Labute approximate surface area is 180 Å². The third-order valence-electron chi connectivity index (χ3n) is 3.72. The fraction of sp³-hybridized carbons (Fsp3) is 0. The summed E-state index contributed by atoms with van der Waals surface area (Å²) < 4.78 is 28.4. The predicted molar refractivity (Wildman–Crippen MR) is 116 cm³/mol. The molecule has 3 aromatic carbocycles. The number of carbonyl (C=O) groups excluding carboxylic acids is 1. The Balaban J connectivity index is 1.93. The van der Waals surface area contributed by atoms with Crippen molar-refractivity contribution in [1.82, 2.24) is 0 Å². The molecule has 0 aliphatic heterocycles. The van der Waals surface area contributed by atoms with Crippen LogP contribution in [0.4, 0.5) is 11.4 Å². The normalized spacial score (nSPS) is 11.1. The van der Waals surface area contributed by atoms with E-state index in [1.54, 1.807) is 30.3 Å². The van der Waals surface area contributed by atoms with Crippen molar-refractivity contribution in [3.63, 3.8) is 0 Å². The fourth-order valence-electron chi connectivity index (χ4n) is 2.36. The molecule has 3 rings (SSSR count). The highest BCUT2D eigenvalue weighted by atomic mass is 79.9. The lowest BCUT2D eigenvalue weighted by atomic mass is 10.1. The number of hydrogen-bond donors (Lipinski definition) is 2. The first-order chi connectivity index (χ1) is 13.3. The second-order valence-electron chi connectivity index (χ2n) is 5.68. The second-order valence-corrected chi connectivity index (χ2v) is 9.13. The first-order valence-electron chi connectivity index (χ1n) is 7.90. The largest absolute Gasteiger partial charge is 0.321 e. The van der Waals surface area contributed by atoms with E-state index in [-0.39, 0.29) is 16.1 Å². The van der Waals surface area contributed by atoms with E-state index in [0.29, 0.717) is 20.2 Å². The van der Waals surface area contributed by atoms with Gasteiger partial charge >= 0.3 is 0 Å². The molecule has 0 atom stereocenters. The molecule has 0 bridgehead atoms. The maximum absolute atomic E-state index is 12.8. The van der Waals surface area contributed by atoms with Gasteiger partial charge in [-0.1, -0.05) is 51.3 Å². The number of halogens is 3. The van der Waals surface area contributed by atoms with Gasteiger partial charge in [-0.05, 0) is 54.6 Å². The molecule has 0 radical (unpaired) electrons. The maximum atomic E-state index is 12.8. The van der Waals surface area contributed by atoms with Gasteiger partial charge in [-0.3, -0.25) is 9.52 Å². The molecule has 0 saturated heterocycles. The number of carbonyl (C=O) groups is 1. The van der Waals surface area contributed by atoms with E-state index in [2.05, 4.69) is 26.0 Å². The Kier molecular flexibility index (Phi) is 6.30. The number of hydrogen-bond acceptors (Lipinski definition) is 3. The molecule has 2 N–H and O–H groups in total. The fourth-order valence-corrected chi connectivity index (χ4v) is 4.11. The highest BCUT2D eigenvalue weighted by Gasteiger charge is 2.20.